The van der Waals surface area contributed by atoms with Gasteiger partial charge in [-0.1, -0.05) is 11.8 Å². The Morgan fingerprint density at radius 1 is 0.971 bits per heavy atom. The third-order valence-electron chi connectivity index (χ3n) is 5.42. The predicted molar refractivity (Wildman–Crippen MR) is 135 cm³/mol. The largest absolute Gasteiger partial charge is 0.497 e. The molecular weight excluding hydrogens is 466 g/mol. The number of methoxy groups -OCH3 is 3. The first-order chi connectivity index (χ1) is 17.0. The zero-order valence-electron chi connectivity index (χ0n) is 20.0. The van der Waals surface area contributed by atoms with Crippen molar-refractivity contribution in [1.82, 2.24) is 19.3 Å². The number of hydrogen-bond acceptors (Lipinski definition) is 7. The summed E-state index contributed by atoms with van der Waals surface area (Å²) in [5.41, 5.74) is 2.62. The molecule has 1 N–H and O–H groups in total. The minimum absolute atomic E-state index is 0.160. The highest BCUT2D eigenvalue weighted by Crippen LogP contribution is 2.30. The van der Waals surface area contributed by atoms with Crippen molar-refractivity contribution in [2.24, 2.45) is 7.05 Å². The quantitative estimate of drug-likeness (QED) is 0.334. The zero-order chi connectivity index (χ0) is 24.8. The van der Waals surface area contributed by atoms with Gasteiger partial charge in [-0.05, 0) is 48.5 Å². The number of nitrogens with zero attached hydrogens (tertiary/aromatic N) is 4. The normalized spacial score (nSPS) is 10.7. The van der Waals surface area contributed by atoms with Gasteiger partial charge in [0.2, 0.25) is 5.91 Å². The lowest BCUT2D eigenvalue weighted by molar-refractivity contribution is -0.113. The van der Waals surface area contributed by atoms with Crippen molar-refractivity contribution in [1.29, 1.82) is 0 Å². The van der Waals surface area contributed by atoms with E-state index in [9.17, 15) is 4.79 Å². The van der Waals surface area contributed by atoms with Crippen LogP contribution >= 0.6 is 11.8 Å². The average Bonchev–Trinajstić information content (AvgIpc) is 3.48. The fourth-order valence-electron chi connectivity index (χ4n) is 3.58. The van der Waals surface area contributed by atoms with E-state index in [1.807, 2.05) is 48.1 Å². The number of benzene rings is 2. The van der Waals surface area contributed by atoms with Crippen LogP contribution in [-0.2, 0) is 18.3 Å². The molecule has 4 aromatic rings. The molecule has 35 heavy (non-hydrogen) atoms. The van der Waals surface area contributed by atoms with Gasteiger partial charge < -0.3 is 24.1 Å². The number of hydrogen-bond donors (Lipinski definition) is 1. The molecule has 2 heterocycles. The number of anilines is 1. The number of ether oxygens (including phenoxy) is 3. The van der Waals surface area contributed by atoms with Crippen LogP contribution in [-0.4, -0.2) is 52.3 Å². The molecule has 9 nitrogen and oxygen atoms in total. The number of carbonyl (C=O) groups excluding carboxylic acids is 1. The Kier molecular flexibility index (Phi) is 7.61. The van der Waals surface area contributed by atoms with Crippen LogP contribution in [0, 0.1) is 0 Å². The summed E-state index contributed by atoms with van der Waals surface area (Å²) in [5, 5.41) is 12.4. The van der Waals surface area contributed by atoms with Gasteiger partial charge in [0.15, 0.2) is 16.7 Å². The molecule has 0 saturated carbocycles. The Bertz CT molecular complexity index is 1300. The van der Waals surface area contributed by atoms with E-state index >= 15 is 0 Å². The van der Waals surface area contributed by atoms with E-state index in [1.165, 1.54) is 11.8 Å². The number of rotatable bonds is 10. The third-order valence-corrected chi connectivity index (χ3v) is 6.35. The molecule has 182 valence electrons. The van der Waals surface area contributed by atoms with Gasteiger partial charge in [0.1, 0.15) is 11.6 Å². The first kappa shape index (κ1) is 24.2. The van der Waals surface area contributed by atoms with E-state index < -0.39 is 0 Å². The van der Waals surface area contributed by atoms with Crippen LogP contribution in [0.1, 0.15) is 11.5 Å². The molecular formula is C25H27N5O4S. The third kappa shape index (κ3) is 5.60. The van der Waals surface area contributed by atoms with Crippen molar-refractivity contribution in [2.75, 3.05) is 32.4 Å². The van der Waals surface area contributed by atoms with Crippen molar-refractivity contribution in [2.45, 2.75) is 11.6 Å². The van der Waals surface area contributed by atoms with Gasteiger partial charge in [0.25, 0.3) is 0 Å². The van der Waals surface area contributed by atoms with Crippen molar-refractivity contribution in [3.63, 3.8) is 0 Å². The molecule has 10 heteroatoms. The highest BCUT2D eigenvalue weighted by atomic mass is 32.2. The van der Waals surface area contributed by atoms with Crippen molar-refractivity contribution >= 4 is 23.4 Å². The number of nitrogens with one attached hydrogen (secondary N) is 1. The maximum absolute atomic E-state index is 12.7. The summed E-state index contributed by atoms with van der Waals surface area (Å²) in [5.74, 6) is 2.66. The summed E-state index contributed by atoms with van der Waals surface area (Å²) in [6.45, 7) is 0. The molecule has 0 bridgehead atoms. The van der Waals surface area contributed by atoms with Gasteiger partial charge in [-0.3, -0.25) is 9.36 Å². The second-order valence-electron chi connectivity index (χ2n) is 7.63. The Balaban J connectivity index is 1.53. The number of aryl methyl sites for hydroxylation is 1. The Labute approximate surface area is 208 Å². The molecule has 0 spiro atoms. The molecule has 0 saturated heterocycles. The predicted octanol–water partition coefficient (Wildman–Crippen LogP) is 3.95. The molecule has 0 aliphatic carbocycles. The van der Waals surface area contributed by atoms with Crippen LogP contribution in [0.5, 0.6) is 17.2 Å². The molecule has 0 atom stereocenters. The highest BCUT2D eigenvalue weighted by Gasteiger charge is 2.18. The minimum Gasteiger partial charge on any atom is -0.497 e. The summed E-state index contributed by atoms with van der Waals surface area (Å²) in [7, 11) is 6.75. The molecule has 1 amide bonds. The smallest absolute Gasteiger partial charge is 0.234 e. The lowest BCUT2D eigenvalue weighted by Gasteiger charge is -2.12. The van der Waals surface area contributed by atoms with Crippen LogP contribution in [0.4, 0.5) is 5.69 Å². The minimum atomic E-state index is -0.171. The van der Waals surface area contributed by atoms with Gasteiger partial charge >= 0.3 is 0 Å². The lowest BCUT2D eigenvalue weighted by Crippen LogP contribution is -2.15. The van der Waals surface area contributed by atoms with Crippen molar-refractivity contribution < 1.29 is 19.0 Å². The van der Waals surface area contributed by atoms with E-state index in [0.29, 0.717) is 28.8 Å². The van der Waals surface area contributed by atoms with E-state index in [0.717, 1.165) is 23.0 Å². The Hall–Kier alpha value is -3.92. The maximum Gasteiger partial charge on any atom is 0.234 e. The number of carbonyl (C=O) groups is 1. The molecule has 0 fully saturated rings. The summed E-state index contributed by atoms with van der Waals surface area (Å²) in [6, 6.07) is 17.0. The first-order valence-electron chi connectivity index (χ1n) is 10.9. The molecule has 0 aliphatic rings. The Morgan fingerprint density at radius 3 is 2.40 bits per heavy atom. The van der Waals surface area contributed by atoms with E-state index in [1.54, 1.807) is 39.5 Å². The Morgan fingerprint density at radius 2 is 1.74 bits per heavy atom. The fraction of sp³-hybridized carbons (Fsp3) is 0.240. The highest BCUT2D eigenvalue weighted by molar-refractivity contribution is 7.99. The monoisotopic (exact) mass is 493 g/mol. The zero-order valence-corrected chi connectivity index (χ0v) is 20.8. The second kappa shape index (κ2) is 11.0. The SMILES string of the molecule is COc1ccc(-n2c(Cc3cccn3C)nnc2SCC(=O)Nc2ccc(OC)c(OC)c2)cc1. The molecule has 4 rings (SSSR count). The average molecular weight is 494 g/mol. The number of thioether (sulfide) groups is 1. The van der Waals surface area contributed by atoms with E-state index in [2.05, 4.69) is 26.1 Å². The topological polar surface area (TPSA) is 92.4 Å². The molecule has 0 unspecified atom stereocenters. The molecule has 2 aromatic carbocycles. The van der Waals surface area contributed by atoms with Gasteiger partial charge in [0.05, 0.1) is 27.1 Å². The standard InChI is InChI=1S/C25H27N5O4S/c1-29-13-5-6-19(29)15-23-27-28-25(30(23)18-8-10-20(32-2)11-9-18)35-16-24(31)26-17-7-12-21(33-3)22(14-17)34-4/h5-14H,15-16H2,1-4H3,(H,26,31). The second-order valence-corrected chi connectivity index (χ2v) is 8.57. The lowest BCUT2D eigenvalue weighted by atomic mass is 10.2. The summed E-state index contributed by atoms with van der Waals surface area (Å²) >= 11 is 1.32. The van der Waals surface area contributed by atoms with Crippen molar-refractivity contribution in [3.8, 4) is 22.9 Å². The summed E-state index contributed by atoms with van der Waals surface area (Å²) in [4.78, 5) is 12.7. The maximum atomic E-state index is 12.7. The van der Waals surface area contributed by atoms with Gasteiger partial charge in [0, 0.05) is 42.8 Å². The van der Waals surface area contributed by atoms with Crippen molar-refractivity contribution in [3.05, 3.63) is 72.3 Å². The summed E-state index contributed by atoms with van der Waals surface area (Å²) < 4.78 is 19.9. The molecule has 0 aliphatic heterocycles. The van der Waals surface area contributed by atoms with Gasteiger partial charge in [-0.25, -0.2) is 0 Å². The van der Waals surface area contributed by atoms with Crippen LogP contribution < -0.4 is 19.5 Å². The molecule has 0 radical (unpaired) electrons. The first-order valence-corrected chi connectivity index (χ1v) is 11.8. The molecule has 2 aromatic heterocycles. The van der Waals surface area contributed by atoms with Crippen LogP contribution in [0.3, 0.4) is 0 Å². The van der Waals surface area contributed by atoms with E-state index in [4.69, 9.17) is 14.2 Å². The number of amides is 1. The van der Waals surface area contributed by atoms with Gasteiger partial charge in [-0.15, -0.1) is 10.2 Å². The van der Waals surface area contributed by atoms with Gasteiger partial charge in [-0.2, -0.15) is 0 Å². The fourth-order valence-corrected chi connectivity index (χ4v) is 4.35. The van der Waals surface area contributed by atoms with Crippen LogP contribution in [0.25, 0.3) is 5.69 Å². The van der Waals surface area contributed by atoms with E-state index in [-0.39, 0.29) is 11.7 Å². The summed E-state index contributed by atoms with van der Waals surface area (Å²) in [6.07, 6.45) is 2.60. The van der Waals surface area contributed by atoms with Crippen LogP contribution in [0.2, 0.25) is 0 Å². The number of aromatic nitrogens is 4. The van der Waals surface area contributed by atoms with Crippen LogP contribution in [0.15, 0.2) is 66.0 Å².